The fourth-order valence-corrected chi connectivity index (χ4v) is 3.37. The first-order valence-corrected chi connectivity index (χ1v) is 10.8. The third kappa shape index (κ3) is 11.3. The first kappa shape index (κ1) is 23.6. The SMILES string of the molecule is CCCCCCCCCCCC[C@H](O)/C=C/C[C@@H](O)[C@H]1COC(C)(C)O1. The summed E-state index contributed by atoms with van der Waals surface area (Å²) in [4.78, 5) is 0. The van der Waals surface area contributed by atoms with Crippen molar-refractivity contribution in [2.24, 2.45) is 0 Å². The number of hydrogen-bond acceptors (Lipinski definition) is 4. The van der Waals surface area contributed by atoms with Crippen LogP contribution in [0.15, 0.2) is 12.2 Å². The summed E-state index contributed by atoms with van der Waals surface area (Å²) in [6, 6.07) is 0. The fourth-order valence-electron chi connectivity index (χ4n) is 3.37. The Morgan fingerprint density at radius 2 is 1.54 bits per heavy atom. The van der Waals surface area contributed by atoms with Crippen molar-refractivity contribution in [3.63, 3.8) is 0 Å². The highest BCUT2D eigenvalue weighted by Crippen LogP contribution is 2.25. The van der Waals surface area contributed by atoms with Gasteiger partial charge in [0.1, 0.15) is 6.10 Å². The lowest BCUT2D eigenvalue weighted by Crippen LogP contribution is -2.30. The van der Waals surface area contributed by atoms with Crippen LogP contribution in [0.2, 0.25) is 0 Å². The molecule has 3 atom stereocenters. The van der Waals surface area contributed by atoms with Crippen molar-refractivity contribution in [3.05, 3.63) is 12.2 Å². The van der Waals surface area contributed by atoms with Crippen LogP contribution in [0.1, 0.15) is 97.8 Å². The molecule has 0 unspecified atom stereocenters. The van der Waals surface area contributed by atoms with Crippen LogP contribution in [0.25, 0.3) is 0 Å². The minimum Gasteiger partial charge on any atom is -0.390 e. The van der Waals surface area contributed by atoms with E-state index in [1.54, 1.807) is 6.08 Å². The zero-order valence-corrected chi connectivity index (χ0v) is 17.3. The van der Waals surface area contributed by atoms with Crippen molar-refractivity contribution in [3.8, 4) is 0 Å². The quantitative estimate of drug-likeness (QED) is 0.310. The molecule has 4 nitrogen and oxygen atoms in total. The zero-order valence-electron chi connectivity index (χ0n) is 17.3. The standard InChI is InChI=1S/C22H42O4/c1-4-5-6-7-8-9-10-11-12-13-15-19(23)16-14-17-20(24)21-18-25-22(2,3)26-21/h14,16,19-21,23-24H,4-13,15,17-18H2,1-3H3/b16-14+/t19-,20+,21+/m0/s1. The van der Waals surface area contributed by atoms with Gasteiger partial charge in [0.25, 0.3) is 0 Å². The van der Waals surface area contributed by atoms with Gasteiger partial charge in [0.15, 0.2) is 5.79 Å². The second kappa shape index (κ2) is 13.7. The molecule has 0 aromatic carbocycles. The number of unbranched alkanes of at least 4 members (excludes halogenated alkanes) is 9. The number of ether oxygens (including phenoxy) is 2. The van der Waals surface area contributed by atoms with Crippen LogP contribution in [0, 0.1) is 0 Å². The van der Waals surface area contributed by atoms with Crippen molar-refractivity contribution in [1.82, 2.24) is 0 Å². The highest BCUT2D eigenvalue weighted by molar-refractivity contribution is 4.92. The zero-order chi connectivity index (χ0) is 19.3. The second-order valence-electron chi connectivity index (χ2n) is 8.14. The van der Waals surface area contributed by atoms with Crippen LogP contribution in [0.3, 0.4) is 0 Å². The maximum atomic E-state index is 10.1. The monoisotopic (exact) mass is 370 g/mol. The molecule has 1 saturated heterocycles. The van der Waals surface area contributed by atoms with E-state index in [9.17, 15) is 10.2 Å². The van der Waals surface area contributed by atoms with E-state index in [4.69, 9.17) is 9.47 Å². The molecule has 154 valence electrons. The maximum absolute atomic E-state index is 10.1. The van der Waals surface area contributed by atoms with E-state index in [2.05, 4.69) is 6.92 Å². The smallest absolute Gasteiger partial charge is 0.163 e. The van der Waals surface area contributed by atoms with Crippen molar-refractivity contribution < 1.29 is 19.7 Å². The molecule has 1 heterocycles. The topological polar surface area (TPSA) is 58.9 Å². The van der Waals surface area contributed by atoms with Crippen LogP contribution in [0.4, 0.5) is 0 Å². The second-order valence-corrected chi connectivity index (χ2v) is 8.14. The van der Waals surface area contributed by atoms with Gasteiger partial charge in [-0.3, -0.25) is 0 Å². The Labute approximate surface area is 161 Å². The molecule has 0 aliphatic carbocycles. The third-order valence-corrected chi connectivity index (χ3v) is 5.05. The first-order chi connectivity index (χ1) is 12.4. The molecule has 1 rings (SSSR count). The van der Waals surface area contributed by atoms with Crippen LogP contribution in [0.5, 0.6) is 0 Å². The third-order valence-electron chi connectivity index (χ3n) is 5.05. The van der Waals surface area contributed by atoms with Crippen LogP contribution >= 0.6 is 0 Å². The van der Waals surface area contributed by atoms with E-state index < -0.39 is 18.0 Å². The van der Waals surface area contributed by atoms with Gasteiger partial charge in [-0.25, -0.2) is 0 Å². The minimum atomic E-state index is -0.607. The Hall–Kier alpha value is -0.420. The molecule has 1 aliphatic rings. The highest BCUT2D eigenvalue weighted by atomic mass is 16.7. The van der Waals surface area contributed by atoms with Gasteiger partial charge in [0.2, 0.25) is 0 Å². The van der Waals surface area contributed by atoms with E-state index in [1.165, 1.54) is 57.8 Å². The summed E-state index contributed by atoms with van der Waals surface area (Å²) in [6.07, 6.45) is 16.7. The van der Waals surface area contributed by atoms with Gasteiger partial charge < -0.3 is 19.7 Å². The van der Waals surface area contributed by atoms with Gasteiger partial charge in [-0.15, -0.1) is 0 Å². The summed E-state index contributed by atoms with van der Waals surface area (Å²) in [5, 5.41) is 20.1. The van der Waals surface area contributed by atoms with E-state index >= 15 is 0 Å². The molecule has 1 aliphatic heterocycles. The molecule has 1 fully saturated rings. The maximum Gasteiger partial charge on any atom is 0.163 e. The van der Waals surface area contributed by atoms with Crippen molar-refractivity contribution in [1.29, 1.82) is 0 Å². The molecule has 0 aromatic rings. The Kier molecular flexibility index (Phi) is 12.4. The van der Waals surface area contributed by atoms with Crippen molar-refractivity contribution in [2.75, 3.05) is 6.61 Å². The normalized spacial score (nSPS) is 22.1. The van der Waals surface area contributed by atoms with E-state index in [-0.39, 0.29) is 6.10 Å². The summed E-state index contributed by atoms with van der Waals surface area (Å²) < 4.78 is 11.1. The van der Waals surface area contributed by atoms with Gasteiger partial charge in [-0.1, -0.05) is 83.3 Å². The summed E-state index contributed by atoms with van der Waals surface area (Å²) in [5.41, 5.74) is 0. The number of rotatable bonds is 15. The van der Waals surface area contributed by atoms with Crippen molar-refractivity contribution >= 4 is 0 Å². The molecule has 2 N–H and O–H groups in total. The molecule has 0 amide bonds. The summed E-state index contributed by atoms with van der Waals surface area (Å²) in [5.74, 6) is -0.607. The molecule has 26 heavy (non-hydrogen) atoms. The van der Waals surface area contributed by atoms with Gasteiger partial charge in [0, 0.05) is 0 Å². The fraction of sp³-hybridized carbons (Fsp3) is 0.909. The van der Waals surface area contributed by atoms with Crippen molar-refractivity contribution in [2.45, 2.75) is 122 Å². The average Bonchev–Trinajstić information content (AvgIpc) is 2.96. The lowest BCUT2D eigenvalue weighted by Gasteiger charge is -2.19. The predicted molar refractivity (Wildman–Crippen MR) is 107 cm³/mol. The van der Waals surface area contributed by atoms with Gasteiger partial charge >= 0.3 is 0 Å². The number of aliphatic hydroxyl groups excluding tert-OH is 2. The average molecular weight is 371 g/mol. The highest BCUT2D eigenvalue weighted by Gasteiger charge is 2.36. The Morgan fingerprint density at radius 1 is 0.962 bits per heavy atom. The Bertz CT molecular complexity index is 367. The molecule has 0 spiro atoms. The summed E-state index contributed by atoms with van der Waals surface area (Å²) >= 11 is 0. The molecule has 0 radical (unpaired) electrons. The Morgan fingerprint density at radius 3 is 2.08 bits per heavy atom. The van der Waals surface area contributed by atoms with E-state index in [0.29, 0.717) is 13.0 Å². The van der Waals surface area contributed by atoms with E-state index in [1.807, 2.05) is 19.9 Å². The predicted octanol–water partition coefficient (Wildman–Crippen LogP) is 5.12. The van der Waals surface area contributed by atoms with Crippen LogP contribution in [-0.4, -0.2) is 40.9 Å². The minimum absolute atomic E-state index is 0.284. The Balaban J connectivity index is 1.96. The van der Waals surface area contributed by atoms with Crippen LogP contribution < -0.4 is 0 Å². The number of aliphatic hydroxyl groups is 2. The molecule has 0 aromatic heterocycles. The molecule has 0 bridgehead atoms. The molecule has 4 heteroatoms. The van der Waals surface area contributed by atoms with Gasteiger partial charge in [-0.2, -0.15) is 0 Å². The molecular formula is C22H42O4. The first-order valence-electron chi connectivity index (χ1n) is 10.8. The number of hydrogen-bond donors (Lipinski definition) is 2. The summed E-state index contributed by atoms with van der Waals surface area (Å²) in [6.45, 7) is 6.38. The largest absolute Gasteiger partial charge is 0.390 e. The molecule has 0 saturated carbocycles. The van der Waals surface area contributed by atoms with E-state index in [0.717, 1.165) is 12.8 Å². The molecular weight excluding hydrogens is 328 g/mol. The van der Waals surface area contributed by atoms with Crippen LogP contribution in [-0.2, 0) is 9.47 Å². The lowest BCUT2D eigenvalue weighted by atomic mass is 10.0. The summed E-state index contributed by atoms with van der Waals surface area (Å²) in [7, 11) is 0. The lowest BCUT2D eigenvalue weighted by molar-refractivity contribution is -0.150. The van der Waals surface area contributed by atoms with Gasteiger partial charge in [0.05, 0.1) is 18.8 Å². The van der Waals surface area contributed by atoms with Gasteiger partial charge in [-0.05, 0) is 26.7 Å².